The zero-order valence-electron chi connectivity index (χ0n) is 10.9. The van der Waals surface area contributed by atoms with Gasteiger partial charge in [0.05, 0.1) is 13.2 Å². The third-order valence-electron chi connectivity index (χ3n) is 2.27. The van der Waals surface area contributed by atoms with E-state index in [0.717, 1.165) is 6.42 Å². The zero-order valence-corrected chi connectivity index (χ0v) is 11.7. The number of ether oxygens (including phenoxy) is 2. The number of carbonyl (C=O) groups excluding carboxylic acids is 1. The second-order valence-electron chi connectivity index (χ2n) is 3.85. The van der Waals surface area contributed by atoms with Crippen LogP contribution in [-0.4, -0.2) is 39.5 Å². The molecular weight excluding hydrogens is 268 g/mol. The van der Waals surface area contributed by atoms with Crippen LogP contribution in [0.4, 0.5) is 10.5 Å². The van der Waals surface area contributed by atoms with Gasteiger partial charge < -0.3 is 20.1 Å². The Hall–Kier alpha value is -1.30. The molecule has 106 valence electrons. The number of nitrogens with one attached hydrogen (secondary N) is 2. The van der Waals surface area contributed by atoms with Crippen LogP contribution in [0.25, 0.3) is 0 Å². The largest absolute Gasteiger partial charge is 0.382 e. The number of hydrogen-bond acceptors (Lipinski definition) is 3. The first kappa shape index (κ1) is 15.8. The van der Waals surface area contributed by atoms with E-state index in [-0.39, 0.29) is 6.03 Å². The molecule has 0 fully saturated rings. The van der Waals surface area contributed by atoms with E-state index in [1.54, 1.807) is 31.4 Å². The fourth-order valence-electron chi connectivity index (χ4n) is 1.36. The van der Waals surface area contributed by atoms with Crippen molar-refractivity contribution in [1.29, 1.82) is 0 Å². The molecule has 0 radical (unpaired) electrons. The highest BCUT2D eigenvalue weighted by Crippen LogP contribution is 2.14. The van der Waals surface area contributed by atoms with Crippen molar-refractivity contribution in [2.45, 2.75) is 6.42 Å². The highest BCUT2D eigenvalue weighted by molar-refractivity contribution is 6.30. The van der Waals surface area contributed by atoms with Gasteiger partial charge >= 0.3 is 6.03 Å². The monoisotopic (exact) mass is 286 g/mol. The molecule has 2 amide bonds. The van der Waals surface area contributed by atoms with Crippen LogP contribution in [-0.2, 0) is 9.47 Å². The van der Waals surface area contributed by atoms with E-state index < -0.39 is 0 Å². The Balaban J connectivity index is 2.08. The van der Waals surface area contributed by atoms with Gasteiger partial charge in [0.25, 0.3) is 0 Å². The van der Waals surface area contributed by atoms with Crippen molar-refractivity contribution >= 4 is 23.3 Å². The second kappa shape index (κ2) is 9.61. The minimum atomic E-state index is -0.251. The van der Waals surface area contributed by atoms with Crippen LogP contribution in [0.15, 0.2) is 24.3 Å². The summed E-state index contributed by atoms with van der Waals surface area (Å²) in [5.41, 5.74) is 0.668. The van der Waals surface area contributed by atoms with Crippen molar-refractivity contribution in [3.05, 3.63) is 29.3 Å². The van der Waals surface area contributed by atoms with Crippen molar-refractivity contribution < 1.29 is 14.3 Å². The molecule has 0 spiro atoms. The van der Waals surface area contributed by atoms with E-state index in [2.05, 4.69) is 10.6 Å². The van der Waals surface area contributed by atoms with E-state index in [4.69, 9.17) is 21.1 Å². The minimum absolute atomic E-state index is 0.251. The Kier molecular flexibility index (Phi) is 7.97. The molecule has 0 aromatic heterocycles. The Morgan fingerprint density at radius 2 is 2.16 bits per heavy atom. The van der Waals surface area contributed by atoms with Crippen LogP contribution < -0.4 is 10.6 Å². The van der Waals surface area contributed by atoms with Gasteiger partial charge in [-0.3, -0.25) is 0 Å². The molecule has 1 rings (SSSR count). The van der Waals surface area contributed by atoms with Crippen LogP contribution in [0.3, 0.4) is 0 Å². The average molecular weight is 287 g/mol. The number of benzene rings is 1. The molecule has 0 aliphatic heterocycles. The standard InChI is InChI=1S/C13H19ClN2O3/c1-18-8-9-19-7-3-6-15-13(17)16-12-5-2-4-11(14)10-12/h2,4-5,10H,3,6-9H2,1H3,(H2,15,16,17). The fourth-order valence-corrected chi connectivity index (χ4v) is 1.55. The molecule has 5 nitrogen and oxygen atoms in total. The average Bonchev–Trinajstić information content (AvgIpc) is 2.37. The lowest BCUT2D eigenvalue weighted by Crippen LogP contribution is -2.30. The molecular formula is C13H19ClN2O3. The van der Waals surface area contributed by atoms with Crippen molar-refractivity contribution in [3.63, 3.8) is 0 Å². The van der Waals surface area contributed by atoms with E-state index in [9.17, 15) is 4.79 Å². The molecule has 1 aromatic rings. The summed E-state index contributed by atoms with van der Waals surface area (Å²) in [6.07, 6.45) is 0.757. The summed E-state index contributed by atoms with van der Waals surface area (Å²) in [5.74, 6) is 0. The number of halogens is 1. The molecule has 2 N–H and O–H groups in total. The van der Waals surface area contributed by atoms with Crippen LogP contribution in [0.2, 0.25) is 5.02 Å². The predicted molar refractivity (Wildman–Crippen MR) is 75.8 cm³/mol. The topological polar surface area (TPSA) is 59.6 Å². The number of hydrogen-bond donors (Lipinski definition) is 2. The van der Waals surface area contributed by atoms with Gasteiger partial charge in [-0.1, -0.05) is 17.7 Å². The number of amides is 2. The molecule has 0 aliphatic carbocycles. The Labute approximate surface area is 118 Å². The molecule has 0 unspecified atom stereocenters. The Morgan fingerprint density at radius 1 is 1.32 bits per heavy atom. The normalized spacial score (nSPS) is 10.2. The van der Waals surface area contributed by atoms with E-state index in [0.29, 0.717) is 37.1 Å². The van der Waals surface area contributed by atoms with Crippen molar-refractivity contribution in [3.8, 4) is 0 Å². The van der Waals surface area contributed by atoms with Gasteiger partial charge in [0.1, 0.15) is 0 Å². The molecule has 0 bridgehead atoms. The van der Waals surface area contributed by atoms with Crippen molar-refractivity contribution in [1.82, 2.24) is 5.32 Å². The first-order valence-corrected chi connectivity index (χ1v) is 6.47. The first-order chi connectivity index (χ1) is 9.22. The smallest absolute Gasteiger partial charge is 0.319 e. The molecule has 19 heavy (non-hydrogen) atoms. The van der Waals surface area contributed by atoms with Gasteiger partial charge in [-0.05, 0) is 24.6 Å². The van der Waals surface area contributed by atoms with E-state index in [1.165, 1.54) is 0 Å². The summed E-state index contributed by atoms with van der Waals surface area (Å²) < 4.78 is 10.1. The van der Waals surface area contributed by atoms with Gasteiger partial charge in [0.2, 0.25) is 0 Å². The SMILES string of the molecule is COCCOCCCNC(=O)Nc1cccc(Cl)c1. The zero-order chi connectivity index (χ0) is 13.9. The second-order valence-corrected chi connectivity index (χ2v) is 4.29. The quantitative estimate of drug-likeness (QED) is 0.722. The molecule has 0 saturated heterocycles. The lowest BCUT2D eigenvalue weighted by Gasteiger charge is -2.08. The van der Waals surface area contributed by atoms with Crippen molar-refractivity contribution in [2.24, 2.45) is 0 Å². The third-order valence-corrected chi connectivity index (χ3v) is 2.50. The lowest BCUT2D eigenvalue weighted by atomic mass is 10.3. The van der Waals surface area contributed by atoms with Gasteiger partial charge in [-0.2, -0.15) is 0 Å². The molecule has 0 saturated carbocycles. The highest BCUT2D eigenvalue weighted by Gasteiger charge is 2.01. The van der Waals surface area contributed by atoms with Gasteiger partial charge in [0, 0.05) is 31.0 Å². The number of methoxy groups -OCH3 is 1. The van der Waals surface area contributed by atoms with Crippen molar-refractivity contribution in [2.75, 3.05) is 38.8 Å². The summed E-state index contributed by atoms with van der Waals surface area (Å²) in [6, 6.07) is 6.75. The fraction of sp³-hybridized carbons (Fsp3) is 0.462. The Bertz CT molecular complexity index is 388. The number of anilines is 1. The maximum Gasteiger partial charge on any atom is 0.319 e. The summed E-state index contributed by atoms with van der Waals surface area (Å²) in [6.45, 7) is 2.31. The molecule has 1 aromatic carbocycles. The summed E-state index contributed by atoms with van der Waals surface area (Å²) in [7, 11) is 1.63. The maximum absolute atomic E-state index is 11.5. The highest BCUT2D eigenvalue weighted by atomic mass is 35.5. The molecule has 6 heteroatoms. The molecule has 0 aliphatic rings. The van der Waals surface area contributed by atoms with Gasteiger partial charge in [-0.25, -0.2) is 4.79 Å². The van der Waals surface area contributed by atoms with Gasteiger partial charge in [0.15, 0.2) is 0 Å². The van der Waals surface area contributed by atoms with E-state index >= 15 is 0 Å². The summed E-state index contributed by atoms with van der Waals surface area (Å²) >= 11 is 5.82. The van der Waals surface area contributed by atoms with Gasteiger partial charge in [-0.15, -0.1) is 0 Å². The predicted octanol–water partition coefficient (Wildman–Crippen LogP) is 2.51. The van der Waals surface area contributed by atoms with Crippen LogP contribution in [0, 0.1) is 0 Å². The number of urea groups is 1. The molecule has 0 atom stereocenters. The maximum atomic E-state index is 11.5. The summed E-state index contributed by atoms with van der Waals surface area (Å²) in [5, 5.41) is 6.02. The lowest BCUT2D eigenvalue weighted by molar-refractivity contribution is 0.0697. The molecule has 0 heterocycles. The number of carbonyl (C=O) groups is 1. The number of rotatable bonds is 8. The third kappa shape index (κ3) is 7.66. The van der Waals surface area contributed by atoms with Crippen LogP contribution in [0.5, 0.6) is 0 Å². The first-order valence-electron chi connectivity index (χ1n) is 6.09. The van der Waals surface area contributed by atoms with Crippen LogP contribution >= 0.6 is 11.6 Å². The Morgan fingerprint density at radius 3 is 2.89 bits per heavy atom. The summed E-state index contributed by atoms with van der Waals surface area (Å²) in [4.78, 5) is 11.5. The van der Waals surface area contributed by atoms with Crippen LogP contribution in [0.1, 0.15) is 6.42 Å². The van der Waals surface area contributed by atoms with E-state index in [1.807, 2.05) is 0 Å². The minimum Gasteiger partial charge on any atom is -0.382 e.